The summed E-state index contributed by atoms with van der Waals surface area (Å²) in [6.45, 7) is 8.25. The lowest BCUT2D eigenvalue weighted by Gasteiger charge is -2.35. The zero-order valence-corrected chi connectivity index (χ0v) is 17.4. The zero-order valence-electron chi connectivity index (χ0n) is 16.6. The third-order valence-electron chi connectivity index (χ3n) is 4.79. The standard InChI is InChI=1S/C19H25N5O3S/c1-12-7-15(27-21-12)10-22(4)11-16-17(20-19-24(16)5-6-28-19)18(25)23-8-13(2)26-14(3)9-23/h5-7,13-14H,8-11H2,1-4H3/t13-,14+. The smallest absolute Gasteiger partial charge is 0.274 e. The molecule has 0 spiro atoms. The van der Waals surface area contributed by atoms with Crippen molar-refractivity contribution >= 4 is 22.2 Å². The lowest BCUT2D eigenvalue weighted by molar-refractivity contribution is -0.0587. The minimum Gasteiger partial charge on any atom is -0.372 e. The number of morpholine rings is 1. The first-order chi connectivity index (χ1) is 13.4. The number of imidazole rings is 1. The van der Waals surface area contributed by atoms with Gasteiger partial charge in [-0.25, -0.2) is 4.98 Å². The molecule has 0 aliphatic carbocycles. The Bertz CT molecular complexity index is 967. The van der Waals surface area contributed by atoms with Gasteiger partial charge in [-0.3, -0.25) is 14.1 Å². The number of rotatable bonds is 5. The van der Waals surface area contributed by atoms with Crippen molar-refractivity contribution in [2.24, 2.45) is 0 Å². The number of aryl methyl sites for hydroxylation is 1. The van der Waals surface area contributed by atoms with Gasteiger partial charge in [0, 0.05) is 37.3 Å². The zero-order chi connectivity index (χ0) is 19.8. The monoisotopic (exact) mass is 403 g/mol. The van der Waals surface area contributed by atoms with E-state index in [-0.39, 0.29) is 18.1 Å². The van der Waals surface area contributed by atoms with Gasteiger partial charge in [-0.15, -0.1) is 11.3 Å². The predicted octanol–water partition coefficient (Wildman–Crippen LogP) is 2.57. The summed E-state index contributed by atoms with van der Waals surface area (Å²) in [7, 11) is 2.00. The van der Waals surface area contributed by atoms with Crippen LogP contribution in [0, 0.1) is 6.92 Å². The molecular weight excluding hydrogens is 378 g/mol. The Kier molecular flexibility index (Phi) is 5.22. The number of carbonyl (C=O) groups excluding carboxylic acids is 1. The first kappa shape index (κ1) is 19.1. The largest absolute Gasteiger partial charge is 0.372 e. The number of aromatic nitrogens is 3. The number of fused-ring (bicyclic) bond motifs is 1. The number of hydrogen-bond acceptors (Lipinski definition) is 7. The molecule has 1 aliphatic heterocycles. The van der Waals surface area contributed by atoms with Gasteiger partial charge in [0.15, 0.2) is 16.4 Å². The second-order valence-electron chi connectivity index (χ2n) is 7.54. The number of ether oxygens (including phenoxy) is 1. The summed E-state index contributed by atoms with van der Waals surface area (Å²) in [6, 6.07) is 1.93. The van der Waals surface area contributed by atoms with Crippen LogP contribution in [0.2, 0.25) is 0 Å². The molecule has 1 aliphatic rings. The molecule has 0 N–H and O–H groups in total. The summed E-state index contributed by atoms with van der Waals surface area (Å²) >= 11 is 1.53. The second kappa shape index (κ2) is 7.65. The molecule has 0 unspecified atom stereocenters. The van der Waals surface area contributed by atoms with Crippen LogP contribution in [0.15, 0.2) is 22.2 Å². The van der Waals surface area contributed by atoms with E-state index in [1.165, 1.54) is 11.3 Å². The fraction of sp³-hybridized carbons (Fsp3) is 0.526. The van der Waals surface area contributed by atoms with Gasteiger partial charge in [-0.1, -0.05) is 5.16 Å². The Labute approximate surface area is 167 Å². The van der Waals surface area contributed by atoms with Crippen LogP contribution in [-0.4, -0.2) is 62.6 Å². The van der Waals surface area contributed by atoms with Crippen molar-refractivity contribution in [2.45, 2.75) is 46.1 Å². The molecule has 0 saturated carbocycles. The van der Waals surface area contributed by atoms with E-state index in [9.17, 15) is 4.79 Å². The highest BCUT2D eigenvalue weighted by atomic mass is 32.1. The Morgan fingerprint density at radius 1 is 1.32 bits per heavy atom. The van der Waals surface area contributed by atoms with E-state index in [2.05, 4.69) is 15.0 Å². The van der Waals surface area contributed by atoms with Gasteiger partial charge in [0.25, 0.3) is 5.91 Å². The maximum atomic E-state index is 13.3. The summed E-state index contributed by atoms with van der Waals surface area (Å²) in [4.78, 5) is 22.7. The average molecular weight is 404 g/mol. The maximum Gasteiger partial charge on any atom is 0.274 e. The average Bonchev–Trinajstić information content (AvgIpc) is 3.31. The van der Waals surface area contributed by atoms with E-state index in [0.29, 0.717) is 31.9 Å². The van der Waals surface area contributed by atoms with Gasteiger partial charge in [-0.2, -0.15) is 0 Å². The van der Waals surface area contributed by atoms with E-state index in [0.717, 1.165) is 22.1 Å². The number of hydrogen-bond donors (Lipinski definition) is 0. The molecule has 9 heteroatoms. The van der Waals surface area contributed by atoms with Crippen LogP contribution < -0.4 is 0 Å². The van der Waals surface area contributed by atoms with Gasteiger partial charge in [0.05, 0.1) is 30.1 Å². The molecule has 3 aromatic heterocycles. The van der Waals surface area contributed by atoms with E-state index in [1.54, 1.807) is 0 Å². The Morgan fingerprint density at radius 3 is 2.75 bits per heavy atom. The van der Waals surface area contributed by atoms with Crippen molar-refractivity contribution in [1.29, 1.82) is 0 Å². The van der Waals surface area contributed by atoms with Crippen molar-refractivity contribution in [3.63, 3.8) is 0 Å². The molecule has 4 heterocycles. The third kappa shape index (κ3) is 3.82. The van der Waals surface area contributed by atoms with Crippen molar-refractivity contribution in [3.05, 3.63) is 40.5 Å². The maximum absolute atomic E-state index is 13.3. The number of amides is 1. The van der Waals surface area contributed by atoms with Gasteiger partial charge in [0.2, 0.25) is 0 Å². The van der Waals surface area contributed by atoms with Gasteiger partial charge in [0.1, 0.15) is 0 Å². The summed E-state index contributed by atoms with van der Waals surface area (Å²) in [5.41, 5.74) is 2.28. The summed E-state index contributed by atoms with van der Waals surface area (Å²) in [6.07, 6.45) is 2.02. The molecule has 28 heavy (non-hydrogen) atoms. The minimum absolute atomic E-state index is 0.0252. The normalized spacial score (nSPS) is 20.4. The molecule has 0 bridgehead atoms. The first-order valence-electron chi connectivity index (χ1n) is 9.40. The fourth-order valence-electron chi connectivity index (χ4n) is 3.72. The fourth-order valence-corrected chi connectivity index (χ4v) is 4.45. The van der Waals surface area contributed by atoms with Crippen molar-refractivity contribution in [3.8, 4) is 0 Å². The lowest BCUT2D eigenvalue weighted by Crippen LogP contribution is -2.48. The molecule has 1 saturated heterocycles. The van der Waals surface area contributed by atoms with Crippen molar-refractivity contribution < 1.29 is 14.1 Å². The van der Waals surface area contributed by atoms with E-state index in [4.69, 9.17) is 9.26 Å². The van der Waals surface area contributed by atoms with Crippen LogP contribution in [0.5, 0.6) is 0 Å². The molecular formula is C19H25N5O3S. The third-order valence-corrected chi connectivity index (χ3v) is 5.55. The highest BCUT2D eigenvalue weighted by molar-refractivity contribution is 7.15. The Balaban J connectivity index is 1.58. The van der Waals surface area contributed by atoms with Crippen molar-refractivity contribution in [1.82, 2.24) is 24.3 Å². The predicted molar refractivity (Wildman–Crippen MR) is 105 cm³/mol. The van der Waals surface area contributed by atoms with E-state index in [1.807, 2.05) is 54.8 Å². The second-order valence-corrected chi connectivity index (χ2v) is 8.41. The number of thiazole rings is 1. The van der Waals surface area contributed by atoms with Crippen LogP contribution >= 0.6 is 11.3 Å². The van der Waals surface area contributed by atoms with Crippen LogP contribution in [0.1, 0.15) is 41.5 Å². The highest BCUT2D eigenvalue weighted by Crippen LogP contribution is 2.22. The molecule has 4 rings (SSSR count). The van der Waals surface area contributed by atoms with Crippen molar-refractivity contribution in [2.75, 3.05) is 20.1 Å². The quantitative estimate of drug-likeness (QED) is 0.652. The Hall–Kier alpha value is -2.23. The van der Waals surface area contributed by atoms with Crippen LogP contribution in [0.4, 0.5) is 0 Å². The SMILES string of the molecule is Cc1cc(CN(C)Cc2c(C(=O)N3C[C@@H](C)O[C@@H](C)C3)nc3sccn23)on1. The Morgan fingerprint density at radius 2 is 2.07 bits per heavy atom. The van der Waals surface area contributed by atoms with Gasteiger partial charge in [-0.05, 0) is 27.8 Å². The molecule has 8 nitrogen and oxygen atoms in total. The molecule has 1 fully saturated rings. The molecule has 3 aromatic rings. The lowest BCUT2D eigenvalue weighted by atomic mass is 10.2. The number of nitrogens with zero attached hydrogens (tertiary/aromatic N) is 5. The number of carbonyl (C=O) groups is 1. The summed E-state index contributed by atoms with van der Waals surface area (Å²) in [5.74, 6) is 0.770. The van der Waals surface area contributed by atoms with Gasteiger partial charge < -0.3 is 14.2 Å². The topological polar surface area (TPSA) is 76.1 Å². The van der Waals surface area contributed by atoms with Crippen LogP contribution in [0.25, 0.3) is 4.96 Å². The van der Waals surface area contributed by atoms with Gasteiger partial charge >= 0.3 is 0 Å². The van der Waals surface area contributed by atoms with E-state index >= 15 is 0 Å². The molecule has 2 atom stereocenters. The first-order valence-corrected chi connectivity index (χ1v) is 10.3. The molecule has 0 aromatic carbocycles. The molecule has 150 valence electrons. The van der Waals surface area contributed by atoms with Crippen LogP contribution in [-0.2, 0) is 17.8 Å². The molecule has 1 amide bonds. The molecule has 0 radical (unpaired) electrons. The minimum atomic E-state index is -0.0307. The van der Waals surface area contributed by atoms with Crippen LogP contribution in [0.3, 0.4) is 0 Å². The van der Waals surface area contributed by atoms with E-state index < -0.39 is 0 Å². The summed E-state index contributed by atoms with van der Waals surface area (Å²) in [5, 5.41) is 5.92. The summed E-state index contributed by atoms with van der Waals surface area (Å²) < 4.78 is 13.1. The highest BCUT2D eigenvalue weighted by Gasteiger charge is 2.30.